The van der Waals surface area contributed by atoms with E-state index in [1.807, 2.05) is 43.5 Å². The minimum Gasteiger partial charge on any atom is -0.344 e. The van der Waals surface area contributed by atoms with Crippen LogP contribution in [0.3, 0.4) is 0 Å². The maximum Gasteiger partial charge on any atom is 0.255 e. The van der Waals surface area contributed by atoms with Crippen molar-refractivity contribution in [2.24, 2.45) is 0 Å². The predicted octanol–water partition coefficient (Wildman–Crippen LogP) is 1.79. The molecule has 2 aromatic heterocycles. The standard InChI is InChI=1S/C15H16N6O/c1-10-13(8-16-18-10)15(22)17-11(2)14-9-21(20-19-14)12-6-4-3-5-7-12/h3-9,11H,1-2H3,(H,16,18)(H,17,22)/t11-/m0/s1. The zero-order valence-corrected chi connectivity index (χ0v) is 12.3. The fraction of sp³-hybridized carbons (Fsp3) is 0.200. The minimum atomic E-state index is -0.251. The zero-order valence-electron chi connectivity index (χ0n) is 12.3. The molecule has 0 fully saturated rings. The van der Waals surface area contributed by atoms with Crippen LogP contribution in [0.4, 0.5) is 0 Å². The summed E-state index contributed by atoms with van der Waals surface area (Å²) in [5.74, 6) is -0.187. The number of hydrogen-bond acceptors (Lipinski definition) is 4. The Morgan fingerprint density at radius 3 is 2.77 bits per heavy atom. The Morgan fingerprint density at radius 1 is 1.32 bits per heavy atom. The van der Waals surface area contributed by atoms with E-state index in [1.165, 1.54) is 6.20 Å². The maximum absolute atomic E-state index is 12.2. The van der Waals surface area contributed by atoms with Crippen molar-refractivity contribution < 1.29 is 4.79 Å². The third-order valence-electron chi connectivity index (χ3n) is 3.40. The molecule has 0 unspecified atom stereocenters. The van der Waals surface area contributed by atoms with Crippen LogP contribution >= 0.6 is 0 Å². The van der Waals surface area contributed by atoms with Crippen LogP contribution in [0.15, 0.2) is 42.7 Å². The van der Waals surface area contributed by atoms with Gasteiger partial charge in [-0.1, -0.05) is 23.4 Å². The van der Waals surface area contributed by atoms with Crippen molar-refractivity contribution in [2.75, 3.05) is 0 Å². The number of carbonyl (C=O) groups excluding carboxylic acids is 1. The van der Waals surface area contributed by atoms with Gasteiger partial charge in [0, 0.05) is 5.69 Å². The minimum absolute atomic E-state index is 0.187. The summed E-state index contributed by atoms with van der Waals surface area (Å²) in [6.07, 6.45) is 3.32. The van der Waals surface area contributed by atoms with Crippen LogP contribution in [-0.2, 0) is 0 Å². The second-order valence-corrected chi connectivity index (χ2v) is 5.03. The van der Waals surface area contributed by atoms with Gasteiger partial charge in [0.1, 0.15) is 5.69 Å². The van der Waals surface area contributed by atoms with Crippen LogP contribution in [0.1, 0.15) is 34.7 Å². The van der Waals surface area contributed by atoms with Gasteiger partial charge in [-0.25, -0.2) is 4.68 Å². The van der Waals surface area contributed by atoms with E-state index in [-0.39, 0.29) is 11.9 Å². The van der Waals surface area contributed by atoms with Crippen LogP contribution in [0.2, 0.25) is 0 Å². The van der Waals surface area contributed by atoms with Crippen LogP contribution in [0, 0.1) is 6.92 Å². The van der Waals surface area contributed by atoms with Crippen LogP contribution < -0.4 is 5.32 Å². The van der Waals surface area contributed by atoms with Gasteiger partial charge in [0.2, 0.25) is 0 Å². The van der Waals surface area contributed by atoms with Crippen molar-refractivity contribution in [3.8, 4) is 5.69 Å². The fourth-order valence-electron chi connectivity index (χ4n) is 2.11. The first-order valence-electron chi connectivity index (χ1n) is 6.93. The van der Waals surface area contributed by atoms with Gasteiger partial charge in [-0.3, -0.25) is 9.89 Å². The summed E-state index contributed by atoms with van der Waals surface area (Å²) in [5.41, 5.74) is 2.88. The number of nitrogens with zero attached hydrogens (tertiary/aromatic N) is 4. The zero-order chi connectivity index (χ0) is 15.5. The molecule has 7 nitrogen and oxygen atoms in total. The molecule has 2 N–H and O–H groups in total. The smallest absolute Gasteiger partial charge is 0.255 e. The number of aromatic nitrogens is 5. The first kappa shape index (κ1) is 14.0. The molecule has 1 amide bonds. The number of aromatic amines is 1. The monoisotopic (exact) mass is 296 g/mol. The SMILES string of the molecule is Cc1[nH]ncc1C(=O)N[C@@H](C)c1cn(-c2ccccc2)nn1. The highest BCUT2D eigenvalue weighted by atomic mass is 16.1. The summed E-state index contributed by atoms with van der Waals surface area (Å²) in [5, 5.41) is 17.7. The lowest BCUT2D eigenvalue weighted by Gasteiger charge is -2.10. The van der Waals surface area contributed by atoms with Gasteiger partial charge in [-0.2, -0.15) is 5.10 Å². The van der Waals surface area contributed by atoms with E-state index >= 15 is 0 Å². The molecule has 1 aromatic carbocycles. The van der Waals surface area contributed by atoms with E-state index in [9.17, 15) is 4.79 Å². The highest BCUT2D eigenvalue weighted by molar-refractivity contribution is 5.95. The number of nitrogens with one attached hydrogen (secondary N) is 2. The van der Waals surface area contributed by atoms with Gasteiger partial charge >= 0.3 is 0 Å². The van der Waals surface area contributed by atoms with Crippen LogP contribution in [-0.4, -0.2) is 31.1 Å². The Morgan fingerprint density at radius 2 is 2.09 bits per heavy atom. The summed E-state index contributed by atoms with van der Waals surface area (Å²) in [4.78, 5) is 12.2. The Balaban J connectivity index is 1.73. The molecular formula is C15H16N6O. The molecule has 0 spiro atoms. The third kappa shape index (κ3) is 2.73. The largest absolute Gasteiger partial charge is 0.344 e. The third-order valence-corrected chi connectivity index (χ3v) is 3.40. The van der Waals surface area contributed by atoms with Crippen molar-refractivity contribution in [2.45, 2.75) is 19.9 Å². The molecule has 0 saturated carbocycles. The summed E-state index contributed by atoms with van der Waals surface area (Å²) in [7, 11) is 0. The number of benzene rings is 1. The van der Waals surface area contributed by atoms with E-state index < -0.39 is 0 Å². The van der Waals surface area contributed by atoms with Gasteiger partial charge in [-0.15, -0.1) is 5.10 Å². The molecule has 7 heteroatoms. The summed E-state index contributed by atoms with van der Waals surface area (Å²) in [6.45, 7) is 3.67. The van der Waals surface area contributed by atoms with Crippen molar-refractivity contribution in [3.05, 3.63) is 59.7 Å². The van der Waals surface area contributed by atoms with E-state index in [0.29, 0.717) is 11.3 Å². The molecule has 0 bridgehead atoms. The van der Waals surface area contributed by atoms with Crippen LogP contribution in [0.25, 0.3) is 5.69 Å². The van der Waals surface area contributed by atoms with Crippen LogP contribution in [0.5, 0.6) is 0 Å². The number of H-pyrrole nitrogens is 1. The Kier molecular flexibility index (Phi) is 3.69. The van der Waals surface area contributed by atoms with E-state index in [0.717, 1.165) is 11.4 Å². The molecule has 0 radical (unpaired) electrons. The second kappa shape index (κ2) is 5.80. The van der Waals surface area contributed by atoms with Gasteiger partial charge < -0.3 is 5.32 Å². The van der Waals surface area contributed by atoms with Gasteiger partial charge in [0.25, 0.3) is 5.91 Å². The lowest BCUT2D eigenvalue weighted by Crippen LogP contribution is -2.27. The van der Waals surface area contributed by atoms with E-state index in [2.05, 4.69) is 25.8 Å². The Hall–Kier alpha value is -2.96. The fourth-order valence-corrected chi connectivity index (χ4v) is 2.11. The second-order valence-electron chi connectivity index (χ2n) is 5.03. The topological polar surface area (TPSA) is 88.5 Å². The first-order chi connectivity index (χ1) is 10.6. The summed E-state index contributed by atoms with van der Waals surface area (Å²) in [6, 6.07) is 9.44. The highest BCUT2D eigenvalue weighted by Gasteiger charge is 2.17. The average Bonchev–Trinajstić information content (AvgIpc) is 3.17. The Labute approximate surface area is 127 Å². The summed E-state index contributed by atoms with van der Waals surface area (Å²) < 4.78 is 1.68. The number of aryl methyl sites for hydroxylation is 1. The average molecular weight is 296 g/mol. The highest BCUT2D eigenvalue weighted by Crippen LogP contribution is 2.13. The molecule has 0 saturated heterocycles. The summed E-state index contributed by atoms with van der Waals surface area (Å²) >= 11 is 0. The van der Waals surface area contributed by atoms with Crippen molar-refractivity contribution in [1.82, 2.24) is 30.5 Å². The molecule has 22 heavy (non-hydrogen) atoms. The van der Waals surface area contributed by atoms with Gasteiger partial charge in [0.15, 0.2) is 0 Å². The van der Waals surface area contributed by atoms with Crippen molar-refractivity contribution in [3.63, 3.8) is 0 Å². The molecule has 2 heterocycles. The van der Waals surface area contributed by atoms with E-state index in [4.69, 9.17) is 0 Å². The van der Waals surface area contributed by atoms with Crippen molar-refractivity contribution >= 4 is 5.91 Å². The molecular weight excluding hydrogens is 280 g/mol. The molecule has 3 rings (SSSR count). The predicted molar refractivity (Wildman–Crippen MR) is 80.6 cm³/mol. The number of hydrogen-bond donors (Lipinski definition) is 2. The van der Waals surface area contributed by atoms with E-state index in [1.54, 1.807) is 11.6 Å². The number of carbonyl (C=O) groups is 1. The number of amides is 1. The lowest BCUT2D eigenvalue weighted by molar-refractivity contribution is 0.0938. The molecule has 1 atom stereocenters. The van der Waals surface area contributed by atoms with Gasteiger partial charge in [0.05, 0.1) is 29.7 Å². The first-order valence-corrected chi connectivity index (χ1v) is 6.93. The maximum atomic E-state index is 12.2. The number of rotatable bonds is 4. The lowest BCUT2D eigenvalue weighted by atomic mass is 10.2. The van der Waals surface area contributed by atoms with Crippen molar-refractivity contribution in [1.29, 1.82) is 0 Å². The normalized spacial score (nSPS) is 12.1. The Bertz CT molecular complexity index is 776. The quantitative estimate of drug-likeness (QED) is 0.768. The molecule has 0 aliphatic heterocycles. The molecule has 0 aliphatic carbocycles. The molecule has 112 valence electrons. The molecule has 3 aromatic rings. The van der Waals surface area contributed by atoms with Gasteiger partial charge in [-0.05, 0) is 26.0 Å². The number of para-hydroxylation sites is 1. The molecule has 0 aliphatic rings.